The predicted molar refractivity (Wildman–Crippen MR) is 150 cm³/mol. The number of nitrogens with zero attached hydrogens (tertiary/aromatic N) is 2. The Bertz CT molecular complexity index is 1630. The van der Waals surface area contributed by atoms with Gasteiger partial charge >= 0.3 is 12.1 Å². The number of aliphatic hydroxyl groups excluding tert-OH is 1. The van der Waals surface area contributed by atoms with Crippen molar-refractivity contribution in [3.8, 4) is 11.1 Å². The van der Waals surface area contributed by atoms with Crippen LogP contribution in [0.25, 0.3) is 11.1 Å². The van der Waals surface area contributed by atoms with Crippen molar-refractivity contribution in [3.05, 3.63) is 76.8 Å². The molecule has 1 saturated carbocycles. The molecule has 0 saturated heterocycles. The molecule has 0 amide bonds. The molecule has 2 atom stereocenters. The van der Waals surface area contributed by atoms with E-state index in [1.165, 1.54) is 11.0 Å². The number of alkyl halides is 3. The summed E-state index contributed by atoms with van der Waals surface area (Å²) in [5.41, 5.74) is -4.42. The molecule has 1 fully saturated rings. The number of fused-ring (bicyclic) bond motifs is 1. The smallest absolute Gasteiger partial charge is 0.416 e. The van der Waals surface area contributed by atoms with Crippen LogP contribution >= 0.6 is 11.6 Å². The second-order valence-corrected chi connectivity index (χ2v) is 12.9. The summed E-state index contributed by atoms with van der Waals surface area (Å²) in [4.78, 5) is 12.5. The molecule has 1 heterocycles. The van der Waals surface area contributed by atoms with Gasteiger partial charge in [-0.3, -0.25) is 0 Å². The quantitative estimate of drug-likeness (QED) is 0.322. The molecule has 0 spiro atoms. The molecule has 3 aromatic carbocycles. The van der Waals surface area contributed by atoms with Gasteiger partial charge in [0.25, 0.3) is 0 Å². The highest BCUT2D eigenvalue weighted by atomic mass is 35.5. The summed E-state index contributed by atoms with van der Waals surface area (Å²) >= 11 is 6.59. The molecule has 3 aromatic rings. The fraction of sp³-hybridized carbons (Fsp3) is 0.345. The van der Waals surface area contributed by atoms with Crippen molar-refractivity contribution in [2.75, 3.05) is 11.9 Å². The zero-order chi connectivity index (χ0) is 30.6. The van der Waals surface area contributed by atoms with Gasteiger partial charge < -0.3 is 20.2 Å². The van der Waals surface area contributed by atoms with Crippen molar-refractivity contribution < 1.29 is 41.7 Å². The molecule has 1 aliphatic carbocycles. The van der Waals surface area contributed by atoms with Gasteiger partial charge in [0.05, 0.1) is 21.8 Å². The molecule has 0 aromatic heterocycles. The third kappa shape index (κ3) is 5.05. The maximum atomic E-state index is 14.2. The first kappa shape index (κ1) is 30.3. The number of aliphatic hydroxyl groups is 2. The number of likely N-dealkylation sites (N-methyl/N-ethyl adjacent to an activating group) is 1. The molecule has 2 aliphatic rings. The van der Waals surface area contributed by atoms with Gasteiger partial charge in [0.15, 0.2) is 12.0 Å². The number of carbonyl (C=O) groups is 1. The molecule has 8 nitrogen and oxygen atoms in total. The Labute approximate surface area is 245 Å². The second kappa shape index (κ2) is 10.8. The van der Waals surface area contributed by atoms with Crippen LogP contribution in [0.15, 0.2) is 65.6 Å². The largest absolute Gasteiger partial charge is 0.478 e. The zero-order valence-electron chi connectivity index (χ0n) is 22.3. The molecule has 224 valence electrons. The van der Waals surface area contributed by atoms with Crippen LogP contribution < -0.4 is 4.90 Å². The van der Waals surface area contributed by atoms with Crippen molar-refractivity contribution in [2.45, 2.75) is 55.1 Å². The lowest BCUT2D eigenvalue weighted by molar-refractivity contribution is -0.177. The van der Waals surface area contributed by atoms with E-state index in [0.717, 1.165) is 42.7 Å². The molecule has 3 N–H and O–H groups in total. The summed E-state index contributed by atoms with van der Waals surface area (Å²) in [5, 5.41) is 33.3. The summed E-state index contributed by atoms with van der Waals surface area (Å²) in [7, 11) is -3.46. The molecule has 1 unspecified atom stereocenters. The van der Waals surface area contributed by atoms with Crippen LogP contribution in [-0.2, 0) is 16.2 Å². The molecular weight excluding hydrogens is 597 g/mol. The number of benzene rings is 3. The minimum Gasteiger partial charge on any atom is -0.478 e. The summed E-state index contributed by atoms with van der Waals surface area (Å²) in [6.45, 7) is 0. The van der Waals surface area contributed by atoms with Crippen LogP contribution in [0.3, 0.4) is 0 Å². The number of carboxylic acids is 1. The fourth-order valence-electron chi connectivity index (χ4n) is 5.92. The van der Waals surface area contributed by atoms with E-state index < -0.39 is 56.1 Å². The van der Waals surface area contributed by atoms with Crippen LogP contribution in [0.2, 0.25) is 5.02 Å². The van der Waals surface area contributed by atoms with Crippen molar-refractivity contribution in [2.24, 2.45) is 5.92 Å². The number of hydrogen-bond donors (Lipinski definition) is 3. The highest BCUT2D eigenvalue weighted by molar-refractivity contribution is 7.89. The Morgan fingerprint density at radius 2 is 1.67 bits per heavy atom. The Balaban J connectivity index is 1.80. The molecule has 13 heteroatoms. The average Bonchev–Trinajstić information content (AvgIpc) is 3.00. The molecule has 1 aliphatic heterocycles. The second-order valence-electron chi connectivity index (χ2n) is 10.6. The molecule has 0 radical (unpaired) electrons. The van der Waals surface area contributed by atoms with E-state index in [9.17, 15) is 41.7 Å². The van der Waals surface area contributed by atoms with Gasteiger partial charge in [-0.15, -0.1) is 0 Å². The van der Waals surface area contributed by atoms with Gasteiger partial charge in [0.1, 0.15) is 4.90 Å². The van der Waals surface area contributed by atoms with Gasteiger partial charge in [0, 0.05) is 24.2 Å². The van der Waals surface area contributed by atoms with E-state index >= 15 is 0 Å². The first-order valence-electron chi connectivity index (χ1n) is 13.2. The summed E-state index contributed by atoms with van der Waals surface area (Å²) in [5.74, 6) is -2.24. The monoisotopic (exact) mass is 624 g/mol. The van der Waals surface area contributed by atoms with Crippen LogP contribution in [0.4, 0.5) is 24.5 Å². The van der Waals surface area contributed by atoms with Crippen LogP contribution in [0.1, 0.15) is 48.0 Å². The number of rotatable bonds is 4. The molecule has 0 bridgehead atoms. The van der Waals surface area contributed by atoms with E-state index in [1.54, 1.807) is 30.3 Å². The highest BCUT2D eigenvalue weighted by Crippen LogP contribution is 2.49. The van der Waals surface area contributed by atoms with E-state index in [0.29, 0.717) is 30.7 Å². The lowest BCUT2D eigenvalue weighted by Gasteiger charge is -2.47. The number of sulfonamides is 1. The number of halogens is 4. The number of aromatic carboxylic acids is 1. The number of carboxylic acid groups (broad SMARTS) is 1. The minimum absolute atomic E-state index is 0.105. The lowest BCUT2D eigenvalue weighted by atomic mass is 9.80. The van der Waals surface area contributed by atoms with Gasteiger partial charge in [-0.2, -0.15) is 17.5 Å². The highest BCUT2D eigenvalue weighted by Gasteiger charge is 2.56. The van der Waals surface area contributed by atoms with Crippen molar-refractivity contribution in [1.29, 1.82) is 0 Å². The number of para-hydroxylation sites is 1. The van der Waals surface area contributed by atoms with E-state index in [4.69, 9.17) is 11.6 Å². The predicted octanol–water partition coefficient (Wildman–Crippen LogP) is 6.08. The first-order valence-corrected chi connectivity index (χ1v) is 15.0. The molecular formula is C29H28ClF3N2O6S. The minimum atomic E-state index is -4.89. The normalized spacial score (nSPS) is 23.3. The average molecular weight is 625 g/mol. The standard InChI is InChI=1S/C29H28ClF3N2O6S/c1-34-28(39,19-8-4-2-5-9-19)27(38)35(21-10-6-3-7-11-21)24-16-23(30)22(15-25(24)42(34,40)41)17-12-18(26(36)37)14-20(13-17)29(31,32)33/h3,6-7,10-16,19,27,38-39H,2,4-5,8-9H2,1H3,(H,36,37)/t27?,28-/m1/s1. The topological polar surface area (TPSA) is 118 Å². The SMILES string of the molecule is CN1[C@@](O)(C2CCCCC2)C(O)N(c2ccccc2)c2cc(Cl)c(-c3cc(C(=O)O)cc(C(F)(F)F)c3)cc2S1(=O)=O. The Morgan fingerprint density at radius 1 is 1.02 bits per heavy atom. The van der Waals surface area contributed by atoms with Crippen LogP contribution in [0, 0.1) is 5.92 Å². The Morgan fingerprint density at radius 3 is 2.26 bits per heavy atom. The summed E-state index contributed by atoms with van der Waals surface area (Å²) in [6.07, 6.45) is -3.42. The van der Waals surface area contributed by atoms with Crippen molar-refractivity contribution in [1.82, 2.24) is 4.31 Å². The summed E-state index contributed by atoms with van der Waals surface area (Å²) in [6, 6.07) is 12.7. The van der Waals surface area contributed by atoms with Crippen molar-refractivity contribution in [3.63, 3.8) is 0 Å². The van der Waals surface area contributed by atoms with Gasteiger partial charge in [-0.1, -0.05) is 49.1 Å². The van der Waals surface area contributed by atoms with Crippen molar-refractivity contribution >= 4 is 39.0 Å². The molecule has 5 rings (SSSR count). The van der Waals surface area contributed by atoms with Gasteiger partial charge in [-0.25, -0.2) is 13.2 Å². The maximum absolute atomic E-state index is 14.2. The Hall–Kier alpha value is -3.16. The van der Waals surface area contributed by atoms with Gasteiger partial charge in [0.2, 0.25) is 10.0 Å². The van der Waals surface area contributed by atoms with E-state index in [-0.39, 0.29) is 21.8 Å². The third-order valence-corrected chi connectivity index (χ3v) is 10.3. The van der Waals surface area contributed by atoms with E-state index in [2.05, 4.69) is 0 Å². The van der Waals surface area contributed by atoms with Crippen LogP contribution in [-0.4, -0.2) is 53.0 Å². The zero-order valence-corrected chi connectivity index (χ0v) is 23.9. The molecule has 42 heavy (non-hydrogen) atoms. The number of hydrogen-bond acceptors (Lipinski definition) is 6. The fourth-order valence-corrected chi connectivity index (χ4v) is 7.80. The maximum Gasteiger partial charge on any atom is 0.416 e. The van der Waals surface area contributed by atoms with Gasteiger partial charge in [-0.05, 0) is 60.9 Å². The van der Waals surface area contributed by atoms with E-state index in [1.807, 2.05) is 0 Å². The third-order valence-electron chi connectivity index (χ3n) is 8.13. The van der Waals surface area contributed by atoms with Crippen LogP contribution in [0.5, 0.6) is 0 Å². The summed E-state index contributed by atoms with van der Waals surface area (Å²) < 4.78 is 70.2. The number of anilines is 2. The Kier molecular flexibility index (Phi) is 7.82. The first-order chi connectivity index (χ1) is 19.7. The lowest BCUT2D eigenvalue weighted by Crippen LogP contribution is -2.64.